The highest BCUT2D eigenvalue weighted by atomic mass is 127. The number of amides is 1. The highest BCUT2D eigenvalue weighted by Gasteiger charge is 1.97. The molecule has 0 aliphatic heterocycles. The van der Waals surface area contributed by atoms with Gasteiger partial charge in [-0.25, -0.2) is 0 Å². The molecule has 0 aromatic heterocycles. The fraction of sp³-hybridized carbons (Fsp3) is 0. The summed E-state index contributed by atoms with van der Waals surface area (Å²) in [5, 5.41) is 3.48. The highest BCUT2D eigenvalue weighted by molar-refractivity contribution is 14.1. The molecule has 96 valence electrons. The quantitative estimate of drug-likeness (QED) is 0.609. The van der Waals surface area contributed by atoms with Crippen LogP contribution in [0.1, 0.15) is 5.56 Å². The van der Waals surface area contributed by atoms with Gasteiger partial charge in [-0.1, -0.05) is 23.7 Å². The Kier molecular flexibility index (Phi) is 4.99. The third-order valence-electron chi connectivity index (χ3n) is 2.41. The zero-order chi connectivity index (χ0) is 13.7. The van der Waals surface area contributed by atoms with Gasteiger partial charge >= 0.3 is 0 Å². The minimum absolute atomic E-state index is 0.156. The lowest BCUT2D eigenvalue weighted by Crippen LogP contribution is -2.07. The smallest absolute Gasteiger partial charge is 0.248 e. The summed E-state index contributed by atoms with van der Waals surface area (Å²) in [6, 6.07) is 14.9. The minimum atomic E-state index is -0.156. The van der Waals surface area contributed by atoms with Gasteiger partial charge in [0.2, 0.25) is 5.91 Å². The van der Waals surface area contributed by atoms with Crippen LogP contribution in [0.3, 0.4) is 0 Å². The van der Waals surface area contributed by atoms with Crippen molar-refractivity contribution in [3.05, 3.63) is 68.8 Å². The van der Waals surface area contributed by atoms with Crippen LogP contribution in [-0.2, 0) is 4.79 Å². The molecule has 19 heavy (non-hydrogen) atoms. The number of carbonyl (C=O) groups is 1. The van der Waals surface area contributed by atoms with Gasteiger partial charge in [-0.3, -0.25) is 4.79 Å². The monoisotopic (exact) mass is 383 g/mol. The molecule has 2 aromatic rings. The summed E-state index contributed by atoms with van der Waals surface area (Å²) in [4.78, 5) is 11.7. The molecule has 2 rings (SSSR count). The van der Waals surface area contributed by atoms with E-state index in [1.165, 1.54) is 6.08 Å². The first-order valence-electron chi connectivity index (χ1n) is 5.64. The number of hydrogen-bond donors (Lipinski definition) is 1. The topological polar surface area (TPSA) is 29.1 Å². The zero-order valence-corrected chi connectivity index (χ0v) is 12.9. The summed E-state index contributed by atoms with van der Waals surface area (Å²) >= 11 is 8.01. The average Bonchev–Trinajstić information content (AvgIpc) is 2.41. The number of halogens is 2. The van der Waals surface area contributed by atoms with Crippen molar-refractivity contribution in [1.29, 1.82) is 0 Å². The molecule has 0 aliphatic carbocycles. The maximum Gasteiger partial charge on any atom is 0.248 e. The summed E-state index contributed by atoms with van der Waals surface area (Å²) in [6.07, 6.45) is 3.25. The second-order valence-electron chi connectivity index (χ2n) is 3.88. The van der Waals surface area contributed by atoms with Gasteiger partial charge in [-0.05, 0) is 70.6 Å². The van der Waals surface area contributed by atoms with Crippen LogP contribution < -0.4 is 5.32 Å². The first-order valence-corrected chi connectivity index (χ1v) is 7.09. The molecule has 0 unspecified atom stereocenters. The molecule has 2 aromatic carbocycles. The van der Waals surface area contributed by atoms with Gasteiger partial charge in [0.05, 0.1) is 0 Å². The van der Waals surface area contributed by atoms with E-state index in [1.807, 2.05) is 36.4 Å². The molecule has 0 heterocycles. The van der Waals surface area contributed by atoms with E-state index < -0.39 is 0 Å². The molecular formula is C15H11ClINO. The molecule has 0 radical (unpaired) electrons. The van der Waals surface area contributed by atoms with Crippen LogP contribution in [0.4, 0.5) is 5.69 Å². The van der Waals surface area contributed by atoms with E-state index in [2.05, 4.69) is 27.9 Å². The SMILES string of the molecule is O=C(/C=C\c1ccc(Cl)cc1)Nc1ccc(I)cc1. The molecule has 4 heteroatoms. The molecule has 0 saturated heterocycles. The largest absolute Gasteiger partial charge is 0.323 e. The Morgan fingerprint density at radius 2 is 1.68 bits per heavy atom. The van der Waals surface area contributed by atoms with Crippen LogP contribution >= 0.6 is 34.2 Å². The molecule has 0 bridgehead atoms. The van der Waals surface area contributed by atoms with Crippen LogP contribution in [0.15, 0.2) is 54.6 Å². The Hall–Kier alpha value is -1.33. The van der Waals surface area contributed by atoms with E-state index in [-0.39, 0.29) is 5.91 Å². The molecule has 1 amide bonds. The van der Waals surface area contributed by atoms with E-state index in [0.717, 1.165) is 14.8 Å². The maximum atomic E-state index is 11.7. The van der Waals surface area contributed by atoms with Gasteiger partial charge in [-0.15, -0.1) is 0 Å². The van der Waals surface area contributed by atoms with Crippen molar-refractivity contribution in [2.24, 2.45) is 0 Å². The van der Waals surface area contributed by atoms with Crippen molar-refractivity contribution in [3.63, 3.8) is 0 Å². The first kappa shape index (κ1) is 14.1. The standard InChI is InChI=1S/C15H11ClINO/c16-12-4-1-11(2-5-12)3-10-15(19)18-14-8-6-13(17)7-9-14/h1-10H,(H,18,19)/b10-3-. The van der Waals surface area contributed by atoms with Gasteiger partial charge in [-0.2, -0.15) is 0 Å². The summed E-state index contributed by atoms with van der Waals surface area (Å²) in [5.74, 6) is -0.156. The van der Waals surface area contributed by atoms with Crippen LogP contribution in [0, 0.1) is 3.57 Å². The van der Waals surface area contributed by atoms with Crippen molar-refractivity contribution >= 4 is 51.9 Å². The molecule has 1 N–H and O–H groups in total. The van der Waals surface area contributed by atoms with Gasteiger partial charge in [0.1, 0.15) is 0 Å². The maximum absolute atomic E-state index is 11.7. The Balaban J connectivity index is 1.97. The number of nitrogens with one attached hydrogen (secondary N) is 1. The molecule has 0 fully saturated rings. The lowest BCUT2D eigenvalue weighted by Gasteiger charge is -2.01. The summed E-state index contributed by atoms with van der Waals surface area (Å²) in [5.41, 5.74) is 1.72. The molecule has 0 saturated carbocycles. The average molecular weight is 384 g/mol. The predicted molar refractivity (Wildman–Crippen MR) is 88.3 cm³/mol. The summed E-state index contributed by atoms with van der Waals surface area (Å²) in [7, 11) is 0. The van der Waals surface area contributed by atoms with Crippen LogP contribution in [0.5, 0.6) is 0 Å². The number of hydrogen-bond acceptors (Lipinski definition) is 1. The minimum Gasteiger partial charge on any atom is -0.323 e. The fourth-order valence-electron chi connectivity index (χ4n) is 1.46. The molecule has 0 spiro atoms. The number of carbonyl (C=O) groups excluding carboxylic acids is 1. The Bertz CT molecular complexity index is 591. The Labute approximate surface area is 130 Å². The van der Waals surface area contributed by atoms with Crippen molar-refractivity contribution in [2.45, 2.75) is 0 Å². The molecule has 2 nitrogen and oxygen atoms in total. The molecule has 0 aliphatic rings. The van der Waals surface area contributed by atoms with Gasteiger partial charge in [0.25, 0.3) is 0 Å². The Morgan fingerprint density at radius 3 is 2.32 bits per heavy atom. The molecule has 0 atom stereocenters. The number of benzene rings is 2. The second-order valence-corrected chi connectivity index (χ2v) is 5.56. The Morgan fingerprint density at radius 1 is 1.05 bits per heavy atom. The summed E-state index contributed by atoms with van der Waals surface area (Å²) in [6.45, 7) is 0. The van der Waals surface area contributed by atoms with E-state index in [9.17, 15) is 4.79 Å². The fourth-order valence-corrected chi connectivity index (χ4v) is 1.95. The van der Waals surface area contributed by atoms with E-state index >= 15 is 0 Å². The zero-order valence-electron chi connectivity index (χ0n) is 9.94. The third-order valence-corrected chi connectivity index (χ3v) is 3.38. The van der Waals surface area contributed by atoms with Crippen LogP contribution in [-0.4, -0.2) is 5.91 Å². The van der Waals surface area contributed by atoms with Crippen LogP contribution in [0.2, 0.25) is 5.02 Å². The van der Waals surface area contributed by atoms with Crippen molar-refractivity contribution in [3.8, 4) is 0 Å². The first-order chi connectivity index (χ1) is 9.13. The van der Waals surface area contributed by atoms with Crippen molar-refractivity contribution < 1.29 is 4.79 Å². The molecular weight excluding hydrogens is 373 g/mol. The van der Waals surface area contributed by atoms with E-state index in [4.69, 9.17) is 11.6 Å². The predicted octanol–water partition coefficient (Wildman–Crippen LogP) is 4.60. The normalized spacial score (nSPS) is 10.6. The van der Waals surface area contributed by atoms with Crippen molar-refractivity contribution in [2.75, 3.05) is 5.32 Å². The van der Waals surface area contributed by atoms with Gasteiger partial charge in [0.15, 0.2) is 0 Å². The van der Waals surface area contributed by atoms with E-state index in [0.29, 0.717) is 5.02 Å². The number of anilines is 1. The van der Waals surface area contributed by atoms with Crippen LogP contribution in [0.25, 0.3) is 6.08 Å². The van der Waals surface area contributed by atoms with Gasteiger partial charge in [0, 0.05) is 20.4 Å². The van der Waals surface area contributed by atoms with Gasteiger partial charge < -0.3 is 5.32 Å². The van der Waals surface area contributed by atoms with E-state index in [1.54, 1.807) is 18.2 Å². The third kappa shape index (κ3) is 4.69. The lowest BCUT2D eigenvalue weighted by molar-refractivity contribution is -0.111. The lowest BCUT2D eigenvalue weighted by atomic mass is 10.2. The highest BCUT2D eigenvalue weighted by Crippen LogP contribution is 2.12. The number of rotatable bonds is 3. The summed E-state index contributed by atoms with van der Waals surface area (Å²) < 4.78 is 1.13. The second kappa shape index (κ2) is 6.73. The van der Waals surface area contributed by atoms with Crippen molar-refractivity contribution in [1.82, 2.24) is 0 Å².